The maximum atomic E-state index is 7.78. The molecule has 0 N–H and O–H groups in total. The summed E-state index contributed by atoms with van der Waals surface area (Å²) in [5, 5.41) is 7.18. The summed E-state index contributed by atoms with van der Waals surface area (Å²) in [6.07, 6.45) is 0. The van der Waals surface area contributed by atoms with Gasteiger partial charge in [0.15, 0.2) is 5.69 Å². The van der Waals surface area contributed by atoms with E-state index in [9.17, 15) is 0 Å². The fourth-order valence-electron chi connectivity index (χ4n) is 6.30. The van der Waals surface area contributed by atoms with Crippen molar-refractivity contribution in [3.05, 3.63) is 121 Å². The zero-order chi connectivity index (χ0) is 25.0. The van der Waals surface area contributed by atoms with Crippen molar-refractivity contribution < 1.29 is 0 Å². The van der Waals surface area contributed by atoms with Gasteiger partial charge in [-0.05, 0) is 69.1 Å². The first kappa shape index (κ1) is 19.7. The Balaban J connectivity index is 1.55. The highest BCUT2D eigenvalue weighted by atomic mass is 15.2. The van der Waals surface area contributed by atoms with Crippen LogP contribution in [-0.2, 0) is 0 Å². The van der Waals surface area contributed by atoms with Crippen molar-refractivity contribution in [1.29, 1.82) is 0 Å². The van der Waals surface area contributed by atoms with E-state index < -0.39 is 0 Å². The number of para-hydroxylation sites is 1. The summed E-state index contributed by atoms with van der Waals surface area (Å²) in [7, 11) is 0. The largest absolute Gasteiger partial charge is 0.277 e. The lowest BCUT2D eigenvalue weighted by Crippen LogP contribution is -1.85. The molecule has 9 aromatic rings. The molecule has 3 heterocycles. The standard InChI is InChI=1S/C34H18N4/c1-35-28-13-7-6-12-25(28)24-15-27-26-14-20-8-2-4-10-22(20)17-30(26)38-33(27)32(19-24)37-31-18-23-11-5-3-9-21(23)16-29(31)36-34(37)38/h2-19H. The molecule has 0 fully saturated rings. The molecule has 0 aliphatic heterocycles. The van der Waals surface area contributed by atoms with Gasteiger partial charge >= 0.3 is 0 Å². The predicted molar refractivity (Wildman–Crippen MR) is 157 cm³/mol. The zero-order valence-corrected chi connectivity index (χ0v) is 20.2. The molecule has 38 heavy (non-hydrogen) atoms. The van der Waals surface area contributed by atoms with E-state index >= 15 is 0 Å². The number of hydrogen-bond donors (Lipinski definition) is 0. The first-order valence-corrected chi connectivity index (χ1v) is 12.7. The summed E-state index contributed by atoms with van der Waals surface area (Å²) in [4.78, 5) is 9.03. The molecule has 3 aromatic heterocycles. The summed E-state index contributed by atoms with van der Waals surface area (Å²) in [5.41, 5.74) is 8.14. The maximum Gasteiger partial charge on any atom is 0.220 e. The van der Waals surface area contributed by atoms with E-state index in [0.29, 0.717) is 5.69 Å². The van der Waals surface area contributed by atoms with Crippen LogP contribution >= 0.6 is 0 Å². The Morgan fingerprint density at radius 1 is 0.579 bits per heavy atom. The van der Waals surface area contributed by atoms with E-state index in [1.165, 1.54) is 32.3 Å². The average Bonchev–Trinajstić information content (AvgIpc) is 3.59. The zero-order valence-electron chi connectivity index (χ0n) is 20.2. The molecule has 0 aliphatic rings. The van der Waals surface area contributed by atoms with Gasteiger partial charge in [0.1, 0.15) is 0 Å². The molecule has 0 aliphatic carbocycles. The number of aromatic nitrogens is 3. The van der Waals surface area contributed by atoms with Gasteiger partial charge < -0.3 is 0 Å². The van der Waals surface area contributed by atoms with Gasteiger partial charge in [-0.15, -0.1) is 0 Å². The van der Waals surface area contributed by atoms with Crippen LogP contribution in [0.2, 0.25) is 0 Å². The molecular weight excluding hydrogens is 464 g/mol. The van der Waals surface area contributed by atoms with Crippen LogP contribution < -0.4 is 0 Å². The van der Waals surface area contributed by atoms with Crippen LogP contribution in [0.5, 0.6) is 0 Å². The highest BCUT2D eigenvalue weighted by molar-refractivity contribution is 6.20. The summed E-state index contributed by atoms with van der Waals surface area (Å²) >= 11 is 0. The van der Waals surface area contributed by atoms with Crippen LogP contribution in [0.15, 0.2) is 109 Å². The number of rotatable bonds is 1. The van der Waals surface area contributed by atoms with Gasteiger partial charge in [-0.3, -0.25) is 8.80 Å². The summed E-state index contributed by atoms with van der Waals surface area (Å²) < 4.78 is 4.62. The minimum atomic E-state index is 0.660. The van der Waals surface area contributed by atoms with Crippen molar-refractivity contribution in [2.45, 2.75) is 0 Å². The Kier molecular flexibility index (Phi) is 3.57. The average molecular weight is 483 g/mol. The van der Waals surface area contributed by atoms with Crippen LogP contribution in [0.25, 0.3) is 81.7 Å². The normalized spacial score (nSPS) is 12.2. The van der Waals surface area contributed by atoms with Gasteiger partial charge in [-0.1, -0.05) is 72.8 Å². The third kappa shape index (κ3) is 2.40. The van der Waals surface area contributed by atoms with E-state index in [1.807, 2.05) is 24.3 Å². The highest BCUT2D eigenvalue weighted by Gasteiger charge is 2.23. The number of fused-ring (bicyclic) bond motifs is 10. The lowest BCUT2D eigenvalue weighted by molar-refractivity contribution is 1.22. The lowest BCUT2D eigenvalue weighted by atomic mass is 9.99. The van der Waals surface area contributed by atoms with E-state index in [0.717, 1.165) is 44.5 Å². The van der Waals surface area contributed by atoms with Crippen LogP contribution in [0.3, 0.4) is 0 Å². The molecule has 4 nitrogen and oxygen atoms in total. The Morgan fingerprint density at radius 2 is 1.24 bits per heavy atom. The van der Waals surface area contributed by atoms with Crippen LogP contribution in [-0.4, -0.2) is 13.8 Å². The van der Waals surface area contributed by atoms with E-state index in [-0.39, 0.29) is 0 Å². The summed E-state index contributed by atoms with van der Waals surface area (Å²) in [6, 6.07) is 38.3. The minimum absolute atomic E-state index is 0.660. The second-order valence-corrected chi connectivity index (χ2v) is 10.0. The van der Waals surface area contributed by atoms with Crippen LogP contribution in [0, 0.1) is 6.57 Å². The molecule has 4 heteroatoms. The topological polar surface area (TPSA) is 26.1 Å². The fraction of sp³-hybridized carbons (Fsp3) is 0. The molecule has 0 amide bonds. The molecule has 9 rings (SSSR count). The first-order chi connectivity index (χ1) is 18.8. The third-order valence-corrected chi connectivity index (χ3v) is 7.99. The minimum Gasteiger partial charge on any atom is -0.277 e. The summed E-state index contributed by atoms with van der Waals surface area (Å²) in [5.74, 6) is 0.913. The molecule has 0 spiro atoms. The van der Waals surface area contributed by atoms with Crippen molar-refractivity contribution >= 4 is 71.4 Å². The van der Waals surface area contributed by atoms with Gasteiger partial charge in [0.2, 0.25) is 5.78 Å². The molecule has 174 valence electrons. The van der Waals surface area contributed by atoms with Crippen LogP contribution in [0.1, 0.15) is 0 Å². The third-order valence-electron chi connectivity index (χ3n) is 7.99. The van der Waals surface area contributed by atoms with E-state index in [2.05, 4.69) is 98.6 Å². The van der Waals surface area contributed by atoms with E-state index in [1.54, 1.807) is 0 Å². The number of hydrogen-bond acceptors (Lipinski definition) is 1. The molecule has 0 saturated carbocycles. The molecule has 0 radical (unpaired) electrons. The van der Waals surface area contributed by atoms with Gasteiger partial charge in [-0.2, -0.15) is 0 Å². The fourth-order valence-corrected chi connectivity index (χ4v) is 6.30. The SMILES string of the molecule is [C-]#[N+]c1ccccc1-c1cc2c3cc4ccccc4cc3n3c2c(c1)n1c2cc4ccccc4cc2nc13. The molecule has 0 saturated heterocycles. The monoisotopic (exact) mass is 482 g/mol. The Bertz CT molecular complexity index is 2470. The number of nitrogens with zero attached hydrogens (tertiary/aromatic N) is 4. The van der Waals surface area contributed by atoms with Crippen molar-refractivity contribution in [3.63, 3.8) is 0 Å². The molecule has 0 atom stereocenters. The molecule has 0 bridgehead atoms. The van der Waals surface area contributed by atoms with Crippen molar-refractivity contribution in [2.24, 2.45) is 0 Å². The second-order valence-electron chi connectivity index (χ2n) is 10.0. The molecule has 6 aromatic carbocycles. The smallest absolute Gasteiger partial charge is 0.220 e. The van der Waals surface area contributed by atoms with Gasteiger partial charge in [-0.25, -0.2) is 9.83 Å². The predicted octanol–water partition coefficient (Wildman–Crippen LogP) is 9.01. The Hall–Kier alpha value is -5.40. The second kappa shape index (κ2) is 6.88. The summed E-state index contributed by atoms with van der Waals surface area (Å²) in [6.45, 7) is 7.78. The number of benzene rings is 6. The van der Waals surface area contributed by atoms with Gasteiger partial charge in [0, 0.05) is 10.8 Å². The Morgan fingerprint density at radius 3 is 2.00 bits per heavy atom. The van der Waals surface area contributed by atoms with Gasteiger partial charge in [0.25, 0.3) is 0 Å². The molecule has 0 unspecified atom stereocenters. The van der Waals surface area contributed by atoms with Crippen molar-refractivity contribution in [2.75, 3.05) is 0 Å². The van der Waals surface area contributed by atoms with Crippen molar-refractivity contribution in [3.8, 4) is 11.1 Å². The van der Waals surface area contributed by atoms with Crippen LogP contribution in [0.4, 0.5) is 5.69 Å². The molecular formula is C34H18N4. The maximum absolute atomic E-state index is 7.78. The quantitative estimate of drug-likeness (QED) is 0.214. The van der Waals surface area contributed by atoms with Crippen molar-refractivity contribution in [1.82, 2.24) is 13.8 Å². The van der Waals surface area contributed by atoms with Gasteiger partial charge in [0.05, 0.1) is 34.2 Å². The lowest BCUT2D eigenvalue weighted by Gasteiger charge is -2.07. The van der Waals surface area contributed by atoms with E-state index in [4.69, 9.17) is 11.6 Å². The Labute approximate surface area is 216 Å². The first-order valence-electron chi connectivity index (χ1n) is 12.7. The highest BCUT2D eigenvalue weighted by Crippen LogP contribution is 2.42. The number of imidazole rings is 2.